The lowest BCUT2D eigenvalue weighted by Crippen LogP contribution is -2.43. The molecule has 0 aromatic heterocycles. The fourth-order valence-corrected chi connectivity index (χ4v) is 2.44. The van der Waals surface area contributed by atoms with Crippen molar-refractivity contribution in [3.63, 3.8) is 0 Å². The van der Waals surface area contributed by atoms with Crippen LogP contribution in [0.3, 0.4) is 0 Å². The Balaban J connectivity index is 2.37. The molecule has 2 aromatic carbocycles. The van der Waals surface area contributed by atoms with Gasteiger partial charge >= 0.3 is 0 Å². The van der Waals surface area contributed by atoms with Gasteiger partial charge in [-0.25, -0.2) is 0 Å². The van der Waals surface area contributed by atoms with Crippen LogP contribution in [0.1, 0.15) is 17.0 Å². The van der Waals surface area contributed by atoms with Gasteiger partial charge in [-0.1, -0.05) is 60.7 Å². The van der Waals surface area contributed by atoms with E-state index in [2.05, 4.69) is 0 Å². The molecule has 0 radical (unpaired) electrons. The van der Waals surface area contributed by atoms with E-state index in [-0.39, 0.29) is 0 Å². The molecule has 2 aromatic rings. The van der Waals surface area contributed by atoms with Crippen molar-refractivity contribution in [3.8, 4) is 0 Å². The molecule has 3 atom stereocenters. The summed E-state index contributed by atoms with van der Waals surface area (Å²) in [5.41, 5.74) is 1.67. The van der Waals surface area contributed by atoms with Gasteiger partial charge in [0, 0.05) is 5.92 Å². The van der Waals surface area contributed by atoms with Crippen molar-refractivity contribution in [2.24, 2.45) is 0 Å². The smallest absolute Gasteiger partial charge is 0.109 e. The van der Waals surface area contributed by atoms with Crippen LogP contribution in [0.5, 0.6) is 0 Å². The van der Waals surface area contributed by atoms with E-state index < -0.39 is 30.8 Å². The number of aliphatic hydroxyl groups is 4. The Kier molecular flexibility index (Phi) is 5.47. The molecule has 112 valence electrons. The van der Waals surface area contributed by atoms with Crippen LogP contribution >= 0.6 is 0 Å². The van der Waals surface area contributed by atoms with E-state index in [1.807, 2.05) is 60.7 Å². The Morgan fingerprint density at radius 2 is 1.10 bits per heavy atom. The Hall–Kier alpha value is -1.72. The summed E-state index contributed by atoms with van der Waals surface area (Å²) in [6.45, 7) is -0.603. The predicted octanol–water partition coefficient (Wildman–Crippen LogP) is 0.893. The zero-order valence-electron chi connectivity index (χ0n) is 11.6. The number of hydrogen-bond donors (Lipinski definition) is 4. The van der Waals surface area contributed by atoms with Gasteiger partial charge < -0.3 is 20.4 Å². The molecule has 0 saturated heterocycles. The zero-order chi connectivity index (χ0) is 15.2. The van der Waals surface area contributed by atoms with Gasteiger partial charge in [0.2, 0.25) is 0 Å². The molecule has 0 aliphatic heterocycles. The minimum Gasteiger partial charge on any atom is -0.394 e. The van der Waals surface area contributed by atoms with Crippen LogP contribution in [0.4, 0.5) is 0 Å². The SMILES string of the molecule is OC[C@@H](O)[C@H](O)[C@H](O)C(c1ccccc1)c1ccccc1. The predicted molar refractivity (Wildman–Crippen MR) is 79.8 cm³/mol. The van der Waals surface area contributed by atoms with Gasteiger partial charge in [0.1, 0.15) is 12.2 Å². The normalized spacial score (nSPS) is 15.7. The largest absolute Gasteiger partial charge is 0.394 e. The molecular formula is C17H20O4. The summed E-state index contributed by atoms with van der Waals surface area (Å²) in [5.74, 6) is -0.483. The number of rotatable bonds is 6. The van der Waals surface area contributed by atoms with Crippen molar-refractivity contribution in [2.75, 3.05) is 6.61 Å². The molecular weight excluding hydrogens is 268 g/mol. The monoisotopic (exact) mass is 288 g/mol. The van der Waals surface area contributed by atoms with E-state index >= 15 is 0 Å². The highest BCUT2D eigenvalue weighted by molar-refractivity contribution is 5.34. The first-order valence-corrected chi connectivity index (χ1v) is 6.90. The van der Waals surface area contributed by atoms with Gasteiger partial charge in [-0.3, -0.25) is 0 Å². The van der Waals surface area contributed by atoms with Gasteiger partial charge in [0.05, 0.1) is 12.7 Å². The Labute approximate surface area is 123 Å². The molecule has 4 heteroatoms. The maximum Gasteiger partial charge on any atom is 0.109 e. The number of hydrogen-bond acceptors (Lipinski definition) is 4. The zero-order valence-corrected chi connectivity index (χ0v) is 11.6. The standard InChI is InChI=1S/C17H20O4/c18-11-14(19)16(20)17(21)15(12-7-3-1-4-8-12)13-9-5-2-6-10-13/h1-10,14-21H,11H2/t14-,16+,17-/m1/s1. The molecule has 0 amide bonds. The lowest BCUT2D eigenvalue weighted by molar-refractivity contribution is -0.0806. The Bertz CT molecular complexity index is 490. The van der Waals surface area contributed by atoms with Crippen LogP contribution in [0, 0.1) is 0 Å². The van der Waals surface area contributed by atoms with E-state index in [1.54, 1.807) is 0 Å². The van der Waals surface area contributed by atoms with Gasteiger partial charge in [0.15, 0.2) is 0 Å². The average molecular weight is 288 g/mol. The number of benzene rings is 2. The Morgan fingerprint density at radius 3 is 1.48 bits per heavy atom. The van der Waals surface area contributed by atoms with E-state index in [0.29, 0.717) is 0 Å². The van der Waals surface area contributed by atoms with E-state index in [0.717, 1.165) is 11.1 Å². The lowest BCUT2D eigenvalue weighted by Gasteiger charge is -2.29. The van der Waals surface area contributed by atoms with Crippen molar-refractivity contribution in [1.29, 1.82) is 0 Å². The molecule has 0 heterocycles. The third kappa shape index (κ3) is 3.68. The first-order valence-electron chi connectivity index (χ1n) is 6.90. The van der Waals surface area contributed by atoms with Gasteiger partial charge in [-0.15, -0.1) is 0 Å². The molecule has 0 spiro atoms. The maximum atomic E-state index is 10.5. The quantitative estimate of drug-likeness (QED) is 0.636. The Morgan fingerprint density at radius 1 is 0.667 bits per heavy atom. The minimum atomic E-state index is -1.43. The molecule has 0 fully saturated rings. The molecule has 0 aliphatic carbocycles. The third-order valence-corrected chi connectivity index (χ3v) is 3.59. The molecule has 21 heavy (non-hydrogen) atoms. The fraction of sp³-hybridized carbons (Fsp3) is 0.294. The molecule has 0 aliphatic rings. The third-order valence-electron chi connectivity index (χ3n) is 3.59. The number of aliphatic hydroxyl groups excluding tert-OH is 4. The van der Waals surface area contributed by atoms with Gasteiger partial charge in [0.25, 0.3) is 0 Å². The summed E-state index contributed by atoms with van der Waals surface area (Å²) in [5, 5.41) is 39.0. The highest BCUT2D eigenvalue weighted by atomic mass is 16.4. The van der Waals surface area contributed by atoms with Crippen LogP contribution in [0.2, 0.25) is 0 Å². The molecule has 0 saturated carbocycles. The topological polar surface area (TPSA) is 80.9 Å². The summed E-state index contributed by atoms with van der Waals surface area (Å²) in [7, 11) is 0. The molecule has 4 nitrogen and oxygen atoms in total. The second kappa shape index (κ2) is 7.33. The van der Waals surface area contributed by atoms with Crippen LogP contribution in [0.15, 0.2) is 60.7 Å². The lowest BCUT2D eigenvalue weighted by atomic mass is 9.83. The van der Waals surface area contributed by atoms with E-state index in [1.165, 1.54) is 0 Å². The van der Waals surface area contributed by atoms with E-state index in [4.69, 9.17) is 5.11 Å². The van der Waals surface area contributed by atoms with Gasteiger partial charge in [-0.2, -0.15) is 0 Å². The highest BCUT2D eigenvalue weighted by Crippen LogP contribution is 2.30. The van der Waals surface area contributed by atoms with Crippen LogP contribution < -0.4 is 0 Å². The summed E-state index contributed by atoms with van der Waals surface area (Å²) >= 11 is 0. The second-order valence-electron chi connectivity index (χ2n) is 5.03. The van der Waals surface area contributed by atoms with Crippen molar-refractivity contribution >= 4 is 0 Å². The van der Waals surface area contributed by atoms with Crippen molar-refractivity contribution in [2.45, 2.75) is 24.2 Å². The van der Waals surface area contributed by atoms with Crippen molar-refractivity contribution in [1.82, 2.24) is 0 Å². The van der Waals surface area contributed by atoms with Crippen molar-refractivity contribution in [3.05, 3.63) is 71.8 Å². The van der Waals surface area contributed by atoms with Gasteiger partial charge in [-0.05, 0) is 11.1 Å². The van der Waals surface area contributed by atoms with Crippen molar-refractivity contribution < 1.29 is 20.4 Å². The van der Waals surface area contributed by atoms with Crippen LogP contribution in [0.25, 0.3) is 0 Å². The molecule has 0 unspecified atom stereocenters. The second-order valence-corrected chi connectivity index (χ2v) is 5.03. The average Bonchev–Trinajstić information content (AvgIpc) is 2.55. The summed E-state index contributed by atoms with van der Waals surface area (Å²) in [6.07, 6.45) is -4.03. The molecule has 4 N–H and O–H groups in total. The maximum absolute atomic E-state index is 10.5. The van der Waals surface area contributed by atoms with Crippen LogP contribution in [-0.4, -0.2) is 45.3 Å². The highest BCUT2D eigenvalue weighted by Gasteiger charge is 2.32. The van der Waals surface area contributed by atoms with E-state index in [9.17, 15) is 15.3 Å². The summed E-state index contributed by atoms with van der Waals surface area (Å²) in [6, 6.07) is 18.6. The first kappa shape index (κ1) is 15.7. The fourth-order valence-electron chi connectivity index (χ4n) is 2.44. The molecule has 2 rings (SSSR count). The first-order chi connectivity index (χ1) is 10.1. The summed E-state index contributed by atoms with van der Waals surface area (Å²) in [4.78, 5) is 0. The van der Waals surface area contributed by atoms with Crippen LogP contribution in [-0.2, 0) is 0 Å². The molecule has 0 bridgehead atoms. The summed E-state index contributed by atoms with van der Waals surface area (Å²) < 4.78 is 0. The minimum absolute atomic E-state index is 0.483.